The van der Waals surface area contributed by atoms with Gasteiger partial charge in [0.2, 0.25) is 5.78 Å². The number of morpholine rings is 1. The molecule has 2 aliphatic heterocycles. The molecule has 0 spiro atoms. The van der Waals surface area contributed by atoms with Crippen LogP contribution in [-0.2, 0) is 14.3 Å². The van der Waals surface area contributed by atoms with Crippen molar-refractivity contribution < 1.29 is 33.4 Å². The highest BCUT2D eigenvalue weighted by Gasteiger charge is 2.44. The number of benzene rings is 1. The van der Waals surface area contributed by atoms with E-state index in [1.165, 1.54) is 11.0 Å². The van der Waals surface area contributed by atoms with Crippen LogP contribution in [0.4, 0.5) is 0 Å². The number of hydrogen-bond donors (Lipinski definition) is 2. The number of carbonyl (C=O) groups is 3. The smallest absolute Gasteiger partial charge is 0.290 e. The molecule has 0 saturated carbocycles. The second-order valence-corrected chi connectivity index (χ2v) is 8.18. The molecule has 10 heteroatoms. The molecule has 0 aliphatic carbocycles. The van der Waals surface area contributed by atoms with Gasteiger partial charge in [0.15, 0.2) is 18.1 Å². The predicted octanol–water partition coefficient (Wildman–Crippen LogP) is 1.36. The molecule has 0 bridgehead atoms. The van der Waals surface area contributed by atoms with Gasteiger partial charge in [0, 0.05) is 26.2 Å². The standard InChI is InChI=1S/C24H27N3O7/c1-15-2-7-18(34-15)22(29)20-21(16-3-5-17(6-4-16)33-14-19(25)28)27(24(31)23(20)30)9-8-26-10-12-32-13-11-26/h2-7,21,30H,8-14H2,1H3,(H2,25,28). The van der Waals surface area contributed by atoms with Gasteiger partial charge in [-0.1, -0.05) is 12.1 Å². The average molecular weight is 469 g/mol. The minimum atomic E-state index is -0.809. The number of ether oxygens (including phenoxy) is 2. The van der Waals surface area contributed by atoms with Gasteiger partial charge in [0.1, 0.15) is 11.5 Å². The number of hydrogen-bond acceptors (Lipinski definition) is 8. The van der Waals surface area contributed by atoms with E-state index in [2.05, 4.69) is 4.90 Å². The number of carbonyl (C=O) groups excluding carboxylic acids is 3. The zero-order valence-corrected chi connectivity index (χ0v) is 18.9. The minimum Gasteiger partial charge on any atom is -0.503 e. The number of aliphatic hydroxyl groups excluding tert-OH is 1. The first kappa shape index (κ1) is 23.5. The van der Waals surface area contributed by atoms with E-state index in [0.717, 1.165) is 13.1 Å². The number of aliphatic hydroxyl groups is 1. The van der Waals surface area contributed by atoms with Crippen LogP contribution in [-0.4, -0.2) is 78.5 Å². The number of aryl methyl sites for hydroxylation is 1. The first-order valence-corrected chi connectivity index (χ1v) is 11.0. The van der Waals surface area contributed by atoms with Gasteiger partial charge in [-0.15, -0.1) is 0 Å². The molecule has 10 nitrogen and oxygen atoms in total. The summed E-state index contributed by atoms with van der Waals surface area (Å²) in [6.45, 7) is 5.05. The molecule has 2 aliphatic rings. The molecular formula is C24H27N3O7. The molecule has 3 N–H and O–H groups in total. The van der Waals surface area contributed by atoms with Crippen molar-refractivity contribution in [2.45, 2.75) is 13.0 Å². The fraction of sp³-hybridized carbons (Fsp3) is 0.375. The zero-order chi connectivity index (χ0) is 24.2. The van der Waals surface area contributed by atoms with Gasteiger partial charge in [-0.3, -0.25) is 19.3 Å². The lowest BCUT2D eigenvalue weighted by Gasteiger charge is -2.31. The number of furan rings is 1. The average Bonchev–Trinajstić information content (AvgIpc) is 3.38. The number of nitrogens with two attached hydrogens (primary N) is 1. The molecule has 0 radical (unpaired) electrons. The van der Waals surface area contributed by atoms with E-state index in [9.17, 15) is 19.5 Å². The lowest BCUT2D eigenvalue weighted by Crippen LogP contribution is -2.43. The Morgan fingerprint density at radius 3 is 2.44 bits per heavy atom. The van der Waals surface area contributed by atoms with Gasteiger partial charge in [0.05, 0.1) is 24.8 Å². The van der Waals surface area contributed by atoms with Gasteiger partial charge in [0.25, 0.3) is 11.8 Å². The normalized spacial score (nSPS) is 19.0. The second kappa shape index (κ2) is 10.1. The van der Waals surface area contributed by atoms with E-state index >= 15 is 0 Å². The molecule has 180 valence electrons. The first-order chi connectivity index (χ1) is 16.3. The third-order valence-electron chi connectivity index (χ3n) is 5.85. The summed E-state index contributed by atoms with van der Waals surface area (Å²) in [6, 6.07) is 8.99. The summed E-state index contributed by atoms with van der Waals surface area (Å²) < 4.78 is 16.2. The molecule has 1 fully saturated rings. The lowest BCUT2D eigenvalue weighted by atomic mass is 9.95. The van der Waals surface area contributed by atoms with Crippen molar-refractivity contribution in [3.63, 3.8) is 0 Å². The third kappa shape index (κ3) is 4.97. The van der Waals surface area contributed by atoms with Gasteiger partial charge < -0.3 is 29.6 Å². The number of Topliss-reactive ketones (excluding diaryl/α,β-unsaturated/α-hetero) is 1. The quantitative estimate of drug-likeness (QED) is 0.526. The summed E-state index contributed by atoms with van der Waals surface area (Å²) in [5.41, 5.74) is 5.70. The molecule has 2 amide bonds. The van der Waals surface area contributed by atoms with E-state index in [-0.39, 0.29) is 17.9 Å². The summed E-state index contributed by atoms with van der Waals surface area (Å²) in [4.78, 5) is 41.0. The van der Waals surface area contributed by atoms with Crippen LogP contribution in [0.5, 0.6) is 5.75 Å². The van der Waals surface area contributed by atoms with Crippen molar-refractivity contribution in [3.05, 3.63) is 64.8 Å². The number of primary amides is 1. The Kier molecular flexibility index (Phi) is 6.99. The van der Waals surface area contributed by atoms with Gasteiger partial charge in [-0.05, 0) is 36.8 Å². The van der Waals surface area contributed by atoms with Crippen molar-refractivity contribution in [3.8, 4) is 5.75 Å². The van der Waals surface area contributed by atoms with Crippen LogP contribution >= 0.6 is 0 Å². The number of rotatable bonds is 9. The molecule has 3 heterocycles. The molecule has 1 saturated heterocycles. The highest BCUT2D eigenvalue weighted by molar-refractivity contribution is 6.15. The summed E-state index contributed by atoms with van der Waals surface area (Å²) in [5, 5.41) is 10.8. The molecule has 4 rings (SSSR count). The maximum absolute atomic E-state index is 13.3. The van der Waals surface area contributed by atoms with Crippen molar-refractivity contribution in [2.75, 3.05) is 46.0 Å². The summed E-state index contributed by atoms with van der Waals surface area (Å²) in [7, 11) is 0. The van der Waals surface area contributed by atoms with Crippen LogP contribution in [0, 0.1) is 6.92 Å². The number of ketones is 1. The topological polar surface area (TPSA) is 136 Å². The second-order valence-electron chi connectivity index (χ2n) is 8.18. The Bertz CT molecular complexity index is 1100. The molecule has 1 unspecified atom stereocenters. The van der Waals surface area contributed by atoms with Gasteiger partial charge >= 0.3 is 0 Å². The van der Waals surface area contributed by atoms with Crippen molar-refractivity contribution >= 4 is 17.6 Å². The van der Waals surface area contributed by atoms with Crippen LogP contribution < -0.4 is 10.5 Å². The maximum atomic E-state index is 13.3. The highest BCUT2D eigenvalue weighted by atomic mass is 16.5. The molecule has 1 aromatic heterocycles. The van der Waals surface area contributed by atoms with E-state index < -0.39 is 29.4 Å². The van der Waals surface area contributed by atoms with E-state index in [1.807, 2.05) is 0 Å². The SMILES string of the molecule is Cc1ccc(C(=O)C2=C(O)C(=O)N(CCN3CCOCC3)C2c2ccc(OCC(N)=O)cc2)o1. The Balaban J connectivity index is 1.63. The largest absolute Gasteiger partial charge is 0.503 e. The lowest BCUT2D eigenvalue weighted by molar-refractivity contribution is -0.129. The number of nitrogens with zero attached hydrogens (tertiary/aromatic N) is 2. The van der Waals surface area contributed by atoms with Crippen LogP contribution in [0.15, 0.2) is 52.1 Å². The summed E-state index contributed by atoms with van der Waals surface area (Å²) in [5.74, 6) is -1.34. The highest BCUT2D eigenvalue weighted by Crippen LogP contribution is 2.39. The summed E-state index contributed by atoms with van der Waals surface area (Å²) in [6.07, 6.45) is 0. The van der Waals surface area contributed by atoms with Crippen LogP contribution in [0.25, 0.3) is 0 Å². The molecule has 2 aromatic rings. The third-order valence-corrected chi connectivity index (χ3v) is 5.85. The minimum absolute atomic E-state index is 0.0351. The van der Waals surface area contributed by atoms with E-state index in [1.54, 1.807) is 37.3 Å². The predicted molar refractivity (Wildman–Crippen MR) is 120 cm³/mol. The maximum Gasteiger partial charge on any atom is 0.290 e. The molecule has 1 aromatic carbocycles. The molecule has 34 heavy (non-hydrogen) atoms. The van der Waals surface area contributed by atoms with Crippen molar-refractivity contribution in [1.29, 1.82) is 0 Å². The van der Waals surface area contributed by atoms with Crippen LogP contribution in [0.2, 0.25) is 0 Å². The van der Waals surface area contributed by atoms with E-state index in [4.69, 9.17) is 19.6 Å². The van der Waals surface area contributed by atoms with Crippen molar-refractivity contribution in [2.24, 2.45) is 5.73 Å². The van der Waals surface area contributed by atoms with Crippen LogP contribution in [0.1, 0.15) is 27.9 Å². The van der Waals surface area contributed by atoms with Gasteiger partial charge in [-0.25, -0.2) is 0 Å². The fourth-order valence-electron chi connectivity index (χ4n) is 4.13. The zero-order valence-electron chi connectivity index (χ0n) is 18.9. The molecular weight excluding hydrogens is 442 g/mol. The van der Waals surface area contributed by atoms with E-state index in [0.29, 0.717) is 43.4 Å². The Hall–Kier alpha value is -3.63. The Labute approximate surface area is 196 Å². The Morgan fingerprint density at radius 1 is 1.12 bits per heavy atom. The monoisotopic (exact) mass is 469 g/mol. The molecule has 1 atom stereocenters. The van der Waals surface area contributed by atoms with Gasteiger partial charge in [-0.2, -0.15) is 0 Å². The Morgan fingerprint density at radius 2 is 1.82 bits per heavy atom. The van der Waals surface area contributed by atoms with Crippen molar-refractivity contribution in [1.82, 2.24) is 9.80 Å². The number of amides is 2. The fourth-order valence-corrected chi connectivity index (χ4v) is 4.13. The summed E-state index contributed by atoms with van der Waals surface area (Å²) >= 11 is 0. The first-order valence-electron chi connectivity index (χ1n) is 11.0. The van der Waals surface area contributed by atoms with Crippen LogP contribution in [0.3, 0.4) is 0 Å².